The van der Waals surface area contributed by atoms with Crippen molar-refractivity contribution < 1.29 is 10.0 Å². The van der Waals surface area contributed by atoms with Gasteiger partial charge in [0.2, 0.25) is 5.75 Å². The summed E-state index contributed by atoms with van der Waals surface area (Å²) in [7, 11) is 0. The molecule has 0 heterocycles. The third kappa shape index (κ3) is 3.16. The maximum absolute atomic E-state index is 10.7. The maximum Gasteiger partial charge on any atom is 0.311 e. The van der Waals surface area contributed by atoms with E-state index in [9.17, 15) is 15.2 Å². The van der Waals surface area contributed by atoms with Gasteiger partial charge in [-0.05, 0) is 11.6 Å². The average molecular weight is 256 g/mol. The van der Waals surface area contributed by atoms with Gasteiger partial charge in [0.25, 0.3) is 0 Å². The summed E-state index contributed by atoms with van der Waals surface area (Å²) in [4.78, 5) is 14.2. The molecule has 19 heavy (non-hydrogen) atoms. The van der Waals surface area contributed by atoms with E-state index in [4.69, 9.17) is 0 Å². The van der Waals surface area contributed by atoms with E-state index in [1.54, 1.807) is 6.07 Å². The quantitative estimate of drug-likeness (QED) is 0.519. The van der Waals surface area contributed by atoms with Crippen LogP contribution in [0.5, 0.6) is 5.75 Å². The van der Waals surface area contributed by atoms with E-state index in [1.807, 2.05) is 30.3 Å². The number of phenols is 1. The predicted octanol–water partition coefficient (Wildman–Crippen LogP) is 2.92. The van der Waals surface area contributed by atoms with E-state index in [0.717, 1.165) is 5.56 Å². The standard InChI is InChI=1S/C14H12N2O3/c17-14-12(7-4-8-13(14)16(18)19)10-15-9-11-5-2-1-3-6-11/h1-8,10,17H,9H2. The zero-order valence-corrected chi connectivity index (χ0v) is 10.1. The molecule has 0 aromatic heterocycles. The number of rotatable bonds is 4. The average Bonchev–Trinajstić information content (AvgIpc) is 2.41. The van der Waals surface area contributed by atoms with Gasteiger partial charge < -0.3 is 5.11 Å². The third-order valence-electron chi connectivity index (χ3n) is 2.59. The lowest BCUT2D eigenvalue weighted by atomic mass is 10.2. The first-order chi connectivity index (χ1) is 9.18. The molecule has 0 atom stereocenters. The SMILES string of the molecule is O=[N+]([O-])c1cccc(C=NCc2ccccc2)c1O. The summed E-state index contributed by atoms with van der Waals surface area (Å²) in [6, 6.07) is 14.0. The summed E-state index contributed by atoms with van der Waals surface area (Å²) in [6.07, 6.45) is 1.44. The van der Waals surface area contributed by atoms with Crippen LogP contribution in [0.1, 0.15) is 11.1 Å². The molecular formula is C14H12N2O3. The molecule has 0 fully saturated rings. The molecule has 96 valence electrons. The monoisotopic (exact) mass is 256 g/mol. The molecule has 0 radical (unpaired) electrons. The van der Waals surface area contributed by atoms with Gasteiger partial charge in [-0.3, -0.25) is 15.1 Å². The summed E-state index contributed by atoms with van der Waals surface area (Å²) in [5, 5.41) is 20.4. The summed E-state index contributed by atoms with van der Waals surface area (Å²) < 4.78 is 0. The van der Waals surface area contributed by atoms with Crippen molar-refractivity contribution in [1.82, 2.24) is 0 Å². The van der Waals surface area contributed by atoms with Crippen molar-refractivity contribution >= 4 is 11.9 Å². The van der Waals surface area contributed by atoms with Crippen LogP contribution in [-0.2, 0) is 6.54 Å². The Hall–Kier alpha value is -2.69. The van der Waals surface area contributed by atoms with E-state index in [2.05, 4.69) is 4.99 Å². The van der Waals surface area contributed by atoms with Crippen molar-refractivity contribution in [3.63, 3.8) is 0 Å². The Bertz CT molecular complexity index is 609. The van der Waals surface area contributed by atoms with Gasteiger partial charge in [-0.15, -0.1) is 0 Å². The van der Waals surface area contributed by atoms with Gasteiger partial charge in [-0.25, -0.2) is 0 Å². The molecule has 0 saturated carbocycles. The molecule has 0 bridgehead atoms. The van der Waals surface area contributed by atoms with Crippen molar-refractivity contribution in [1.29, 1.82) is 0 Å². The fourth-order valence-corrected chi connectivity index (χ4v) is 1.63. The van der Waals surface area contributed by atoms with E-state index < -0.39 is 4.92 Å². The minimum atomic E-state index is -0.621. The van der Waals surface area contributed by atoms with Crippen molar-refractivity contribution in [3.05, 3.63) is 69.8 Å². The van der Waals surface area contributed by atoms with Crippen LogP contribution >= 0.6 is 0 Å². The highest BCUT2D eigenvalue weighted by molar-refractivity contribution is 5.85. The second kappa shape index (κ2) is 5.77. The van der Waals surface area contributed by atoms with E-state index in [1.165, 1.54) is 18.3 Å². The van der Waals surface area contributed by atoms with Crippen LogP contribution in [0, 0.1) is 10.1 Å². The fourth-order valence-electron chi connectivity index (χ4n) is 1.63. The van der Waals surface area contributed by atoms with Gasteiger partial charge in [0.1, 0.15) is 0 Å². The van der Waals surface area contributed by atoms with Crippen molar-refractivity contribution in [3.8, 4) is 5.75 Å². The highest BCUT2D eigenvalue weighted by Crippen LogP contribution is 2.27. The predicted molar refractivity (Wildman–Crippen MR) is 72.5 cm³/mol. The number of para-hydroxylation sites is 1. The Morgan fingerprint density at radius 3 is 2.58 bits per heavy atom. The Balaban J connectivity index is 2.15. The molecule has 5 heteroatoms. The molecule has 0 aliphatic rings. The number of nitrogens with zero attached hydrogens (tertiary/aromatic N) is 2. The van der Waals surface area contributed by atoms with E-state index in [-0.39, 0.29) is 11.4 Å². The number of aromatic hydroxyl groups is 1. The van der Waals surface area contributed by atoms with E-state index in [0.29, 0.717) is 12.1 Å². The van der Waals surface area contributed by atoms with Gasteiger partial charge in [0.15, 0.2) is 0 Å². The molecule has 0 saturated heterocycles. The molecule has 5 nitrogen and oxygen atoms in total. The summed E-state index contributed by atoms with van der Waals surface area (Å²) in [5.41, 5.74) is 1.05. The summed E-state index contributed by atoms with van der Waals surface area (Å²) in [5.74, 6) is -0.357. The number of hydrogen-bond donors (Lipinski definition) is 1. The topological polar surface area (TPSA) is 75.7 Å². The number of phenolic OH excluding ortho intramolecular Hbond substituents is 1. The molecule has 0 aliphatic heterocycles. The lowest BCUT2D eigenvalue weighted by Gasteiger charge is -1.99. The minimum Gasteiger partial charge on any atom is -0.502 e. The highest BCUT2D eigenvalue weighted by atomic mass is 16.6. The molecule has 2 aromatic rings. The lowest BCUT2D eigenvalue weighted by Crippen LogP contribution is -1.92. The number of hydrogen-bond acceptors (Lipinski definition) is 4. The zero-order chi connectivity index (χ0) is 13.7. The number of nitro groups is 1. The molecule has 2 aromatic carbocycles. The van der Waals surface area contributed by atoms with Crippen LogP contribution in [0.15, 0.2) is 53.5 Å². The molecule has 0 spiro atoms. The molecule has 1 N–H and O–H groups in total. The highest BCUT2D eigenvalue weighted by Gasteiger charge is 2.14. The molecule has 2 rings (SSSR count). The molecule has 0 aliphatic carbocycles. The van der Waals surface area contributed by atoms with Crippen molar-refractivity contribution in [2.45, 2.75) is 6.54 Å². The second-order valence-electron chi connectivity index (χ2n) is 3.93. The molecule has 0 amide bonds. The Morgan fingerprint density at radius 1 is 1.16 bits per heavy atom. The molecular weight excluding hydrogens is 244 g/mol. The number of benzene rings is 2. The fraction of sp³-hybridized carbons (Fsp3) is 0.0714. The van der Waals surface area contributed by atoms with E-state index >= 15 is 0 Å². The van der Waals surface area contributed by atoms with Crippen LogP contribution in [0.3, 0.4) is 0 Å². The summed E-state index contributed by atoms with van der Waals surface area (Å²) >= 11 is 0. The van der Waals surface area contributed by atoms with Crippen molar-refractivity contribution in [2.75, 3.05) is 0 Å². The van der Waals surface area contributed by atoms with Gasteiger partial charge in [-0.1, -0.05) is 36.4 Å². The smallest absolute Gasteiger partial charge is 0.311 e. The normalized spacial score (nSPS) is 10.7. The summed E-state index contributed by atoms with van der Waals surface area (Å²) in [6.45, 7) is 0.461. The van der Waals surface area contributed by atoms with Gasteiger partial charge in [-0.2, -0.15) is 0 Å². The first-order valence-corrected chi connectivity index (χ1v) is 5.68. The third-order valence-corrected chi connectivity index (χ3v) is 2.59. The zero-order valence-electron chi connectivity index (χ0n) is 10.1. The Labute approximate surface area is 110 Å². The first-order valence-electron chi connectivity index (χ1n) is 5.68. The van der Waals surface area contributed by atoms with Crippen LogP contribution < -0.4 is 0 Å². The van der Waals surface area contributed by atoms with Crippen LogP contribution in [0.4, 0.5) is 5.69 Å². The van der Waals surface area contributed by atoms with Gasteiger partial charge in [0.05, 0.1) is 11.5 Å². The Kier molecular flexibility index (Phi) is 3.87. The number of nitro benzene ring substituents is 1. The Morgan fingerprint density at radius 2 is 1.89 bits per heavy atom. The maximum atomic E-state index is 10.7. The number of aliphatic imine (C=N–C) groups is 1. The first kappa shape index (κ1) is 12.8. The van der Waals surface area contributed by atoms with Crippen LogP contribution in [0.2, 0.25) is 0 Å². The largest absolute Gasteiger partial charge is 0.502 e. The van der Waals surface area contributed by atoms with Gasteiger partial charge in [0, 0.05) is 17.8 Å². The van der Waals surface area contributed by atoms with Crippen LogP contribution in [0.25, 0.3) is 0 Å². The van der Waals surface area contributed by atoms with Crippen molar-refractivity contribution in [2.24, 2.45) is 4.99 Å². The lowest BCUT2D eigenvalue weighted by molar-refractivity contribution is -0.385. The van der Waals surface area contributed by atoms with Gasteiger partial charge >= 0.3 is 5.69 Å². The minimum absolute atomic E-state index is 0.316. The second-order valence-corrected chi connectivity index (χ2v) is 3.93. The van der Waals surface area contributed by atoms with Crippen LogP contribution in [-0.4, -0.2) is 16.2 Å². The molecule has 0 unspecified atom stereocenters.